The minimum Gasteiger partial charge on any atom is -0.354 e. The van der Waals surface area contributed by atoms with Crippen molar-refractivity contribution in [2.75, 3.05) is 13.1 Å². The summed E-state index contributed by atoms with van der Waals surface area (Å²) in [4.78, 5) is 22.3. The third-order valence-electron chi connectivity index (χ3n) is 2.49. The van der Waals surface area contributed by atoms with Crippen LogP contribution in [0.4, 0.5) is 0 Å². The highest BCUT2D eigenvalue weighted by atomic mass is 16.2. The maximum Gasteiger partial charge on any atom is 0.220 e. The van der Waals surface area contributed by atoms with E-state index in [1.807, 2.05) is 0 Å². The second-order valence-electron chi connectivity index (χ2n) is 3.85. The van der Waals surface area contributed by atoms with Gasteiger partial charge in [0.2, 0.25) is 11.8 Å². The number of amides is 2. The Kier molecular flexibility index (Phi) is 5.10. The molecule has 15 heavy (non-hydrogen) atoms. The second kappa shape index (κ2) is 6.40. The Morgan fingerprint density at radius 2 is 2.33 bits per heavy atom. The van der Waals surface area contributed by atoms with E-state index in [1.165, 1.54) is 0 Å². The molecule has 0 radical (unpaired) electrons. The minimum absolute atomic E-state index is 0.0598. The lowest BCUT2D eigenvalue weighted by atomic mass is 10.1. The molecule has 0 bridgehead atoms. The van der Waals surface area contributed by atoms with Gasteiger partial charge in [-0.15, -0.1) is 0 Å². The third-order valence-corrected chi connectivity index (χ3v) is 2.49. The first-order valence-electron chi connectivity index (χ1n) is 5.48. The van der Waals surface area contributed by atoms with Gasteiger partial charge in [0.1, 0.15) is 0 Å². The van der Waals surface area contributed by atoms with Crippen LogP contribution in [-0.4, -0.2) is 30.9 Å². The summed E-state index contributed by atoms with van der Waals surface area (Å²) in [6.07, 6.45) is 3.50. The highest BCUT2D eigenvalue weighted by Crippen LogP contribution is 2.03. The summed E-state index contributed by atoms with van der Waals surface area (Å²) in [5.41, 5.74) is 5.34. The van der Waals surface area contributed by atoms with E-state index >= 15 is 0 Å². The molecule has 0 spiro atoms. The molecular weight excluding hydrogens is 194 g/mol. The van der Waals surface area contributed by atoms with Gasteiger partial charge < -0.3 is 16.4 Å². The van der Waals surface area contributed by atoms with E-state index in [0.717, 1.165) is 19.3 Å². The Hall–Kier alpha value is -1.10. The molecule has 1 unspecified atom stereocenters. The van der Waals surface area contributed by atoms with Crippen LogP contribution in [0.1, 0.15) is 32.1 Å². The van der Waals surface area contributed by atoms with E-state index in [1.54, 1.807) is 0 Å². The van der Waals surface area contributed by atoms with Gasteiger partial charge in [0.15, 0.2) is 0 Å². The highest BCUT2D eigenvalue weighted by molar-refractivity contribution is 5.78. The SMILES string of the molecule is NCCCCC(=O)NC1CCC(=O)NC1. The van der Waals surface area contributed by atoms with Crippen molar-refractivity contribution in [3.63, 3.8) is 0 Å². The Balaban J connectivity index is 2.12. The van der Waals surface area contributed by atoms with E-state index in [2.05, 4.69) is 10.6 Å². The first kappa shape index (κ1) is 12.0. The summed E-state index contributed by atoms with van der Waals surface area (Å²) in [6, 6.07) is 0.105. The topological polar surface area (TPSA) is 84.2 Å². The van der Waals surface area contributed by atoms with Crippen LogP contribution in [0, 0.1) is 0 Å². The molecule has 2 amide bonds. The highest BCUT2D eigenvalue weighted by Gasteiger charge is 2.18. The van der Waals surface area contributed by atoms with Crippen molar-refractivity contribution in [3.8, 4) is 0 Å². The molecule has 5 heteroatoms. The van der Waals surface area contributed by atoms with Gasteiger partial charge in [-0.3, -0.25) is 9.59 Å². The lowest BCUT2D eigenvalue weighted by Gasteiger charge is -2.23. The van der Waals surface area contributed by atoms with Crippen molar-refractivity contribution < 1.29 is 9.59 Å². The third kappa shape index (κ3) is 4.78. The molecule has 1 heterocycles. The molecule has 5 nitrogen and oxygen atoms in total. The number of rotatable bonds is 5. The number of hydrogen-bond acceptors (Lipinski definition) is 3. The summed E-state index contributed by atoms with van der Waals surface area (Å²) in [5, 5.41) is 5.63. The van der Waals surface area contributed by atoms with Crippen LogP contribution in [0.5, 0.6) is 0 Å². The number of carbonyl (C=O) groups excluding carboxylic acids is 2. The molecular formula is C10H19N3O2. The van der Waals surface area contributed by atoms with Gasteiger partial charge in [-0.2, -0.15) is 0 Å². The Morgan fingerprint density at radius 1 is 1.53 bits per heavy atom. The Morgan fingerprint density at radius 3 is 2.93 bits per heavy atom. The molecule has 0 aromatic carbocycles. The fourth-order valence-electron chi connectivity index (χ4n) is 1.59. The first-order valence-corrected chi connectivity index (χ1v) is 5.48. The molecule has 0 aromatic rings. The average Bonchev–Trinajstić information content (AvgIpc) is 2.22. The lowest BCUT2D eigenvalue weighted by Crippen LogP contribution is -2.47. The summed E-state index contributed by atoms with van der Waals surface area (Å²) in [5.74, 6) is 0.133. The number of carbonyl (C=O) groups is 2. The fourth-order valence-corrected chi connectivity index (χ4v) is 1.59. The van der Waals surface area contributed by atoms with Gasteiger partial charge >= 0.3 is 0 Å². The summed E-state index contributed by atoms with van der Waals surface area (Å²) >= 11 is 0. The van der Waals surface area contributed by atoms with Crippen LogP contribution in [0.2, 0.25) is 0 Å². The van der Waals surface area contributed by atoms with Crippen molar-refractivity contribution in [2.24, 2.45) is 5.73 Å². The zero-order chi connectivity index (χ0) is 11.1. The van der Waals surface area contributed by atoms with Crippen LogP contribution >= 0.6 is 0 Å². The molecule has 1 atom stereocenters. The van der Waals surface area contributed by atoms with Gasteiger partial charge in [-0.05, 0) is 25.8 Å². The van der Waals surface area contributed by atoms with Crippen molar-refractivity contribution >= 4 is 11.8 Å². The maximum absolute atomic E-state index is 11.4. The zero-order valence-electron chi connectivity index (χ0n) is 8.92. The van der Waals surface area contributed by atoms with Crippen LogP contribution in [0.25, 0.3) is 0 Å². The number of nitrogens with one attached hydrogen (secondary N) is 2. The maximum atomic E-state index is 11.4. The summed E-state index contributed by atoms with van der Waals surface area (Å²) in [6.45, 7) is 1.19. The van der Waals surface area contributed by atoms with Gasteiger partial charge in [0.25, 0.3) is 0 Å². The average molecular weight is 213 g/mol. The molecule has 86 valence electrons. The molecule has 0 saturated carbocycles. The quantitative estimate of drug-likeness (QED) is 0.539. The van der Waals surface area contributed by atoms with Gasteiger partial charge in [-0.1, -0.05) is 0 Å². The Labute approximate surface area is 89.8 Å². The molecule has 0 aliphatic carbocycles. The standard InChI is InChI=1S/C10H19N3O2/c11-6-2-1-3-10(15)13-8-4-5-9(14)12-7-8/h8H,1-7,11H2,(H,12,14)(H,13,15). The normalized spacial score (nSPS) is 20.9. The van der Waals surface area contributed by atoms with Crippen molar-refractivity contribution in [3.05, 3.63) is 0 Å². The number of hydrogen-bond donors (Lipinski definition) is 3. The first-order chi connectivity index (χ1) is 7.22. The van der Waals surface area contributed by atoms with Gasteiger partial charge in [-0.25, -0.2) is 0 Å². The van der Waals surface area contributed by atoms with Gasteiger partial charge in [0.05, 0.1) is 0 Å². The number of piperidine rings is 1. The molecule has 1 saturated heterocycles. The predicted molar refractivity (Wildman–Crippen MR) is 57.1 cm³/mol. The summed E-state index contributed by atoms with van der Waals surface area (Å²) in [7, 11) is 0. The summed E-state index contributed by atoms with van der Waals surface area (Å²) < 4.78 is 0. The molecule has 1 aliphatic rings. The van der Waals surface area contributed by atoms with Crippen molar-refractivity contribution in [1.82, 2.24) is 10.6 Å². The molecule has 4 N–H and O–H groups in total. The van der Waals surface area contributed by atoms with E-state index in [0.29, 0.717) is 25.9 Å². The van der Waals surface area contributed by atoms with E-state index in [9.17, 15) is 9.59 Å². The van der Waals surface area contributed by atoms with Gasteiger partial charge in [0, 0.05) is 25.4 Å². The van der Waals surface area contributed by atoms with E-state index in [-0.39, 0.29) is 17.9 Å². The van der Waals surface area contributed by atoms with Crippen LogP contribution in [0.3, 0.4) is 0 Å². The predicted octanol–water partition coefficient (Wildman–Crippen LogP) is -0.490. The minimum atomic E-state index is 0.0598. The lowest BCUT2D eigenvalue weighted by molar-refractivity contribution is -0.125. The molecule has 1 rings (SSSR count). The monoisotopic (exact) mass is 213 g/mol. The molecule has 1 aliphatic heterocycles. The second-order valence-corrected chi connectivity index (χ2v) is 3.85. The van der Waals surface area contributed by atoms with Crippen LogP contribution < -0.4 is 16.4 Å². The van der Waals surface area contributed by atoms with Crippen LogP contribution in [-0.2, 0) is 9.59 Å². The fraction of sp³-hybridized carbons (Fsp3) is 0.800. The Bertz CT molecular complexity index is 221. The van der Waals surface area contributed by atoms with Crippen molar-refractivity contribution in [2.45, 2.75) is 38.1 Å². The largest absolute Gasteiger partial charge is 0.354 e. The number of nitrogens with two attached hydrogens (primary N) is 1. The van der Waals surface area contributed by atoms with E-state index in [4.69, 9.17) is 5.73 Å². The van der Waals surface area contributed by atoms with Crippen molar-refractivity contribution in [1.29, 1.82) is 0 Å². The molecule has 0 aromatic heterocycles. The van der Waals surface area contributed by atoms with Crippen LogP contribution in [0.15, 0.2) is 0 Å². The smallest absolute Gasteiger partial charge is 0.220 e. The van der Waals surface area contributed by atoms with E-state index < -0.39 is 0 Å². The number of unbranched alkanes of at least 4 members (excludes halogenated alkanes) is 1. The zero-order valence-corrected chi connectivity index (χ0v) is 8.92. The molecule has 1 fully saturated rings.